The van der Waals surface area contributed by atoms with Gasteiger partial charge in [0.15, 0.2) is 0 Å². The summed E-state index contributed by atoms with van der Waals surface area (Å²) in [5, 5.41) is 0.907. The first-order valence-electron chi connectivity index (χ1n) is 10.2. The number of fused-ring (bicyclic) bond motifs is 1. The van der Waals surface area contributed by atoms with Crippen molar-refractivity contribution in [3.63, 3.8) is 0 Å². The van der Waals surface area contributed by atoms with Crippen LogP contribution in [-0.4, -0.2) is 0 Å². The summed E-state index contributed by atoms with van der Waals surface area (Å²) in [6, 6.07) is 17.6. The van der Waals surface area contributed by atoms with Gasteiger partial charge in [0.05, 0.1) is 0 Å². The SMILES string of the molecule is Cc1cc(C)c(C)c(COc2ccc3c(-c4ccccc4)cc(=O)oc3c2C)c1C. The fourth-order valence-corrected chi connectivity index (χ4v) is 4.02. The van der Waals surface area contributed by atoms with E-state index < -0.39 is 0 Å². The van der Waals surface area contributed by atoms with Crippen LogP contribution in [0.3, 0.4) is 0 Å². The van der Waals surface area contributed by atoms with Crippen LogP contribution in [0.5, 0.6) is 5.75 Å². The third kappa shape index (κ3) is 3.52. The maximum absolute atomic E-state index is 12.3. The standard InChI is InChI=1S/C27H26O3/c1-16-13-17(2)19(4)24(18(16)3)15-29-25-12-11-22-23(21-9-7-6-8-10-21)14-26(28)30-27(22)20(25)5/h6-14H,15H2,1-5H3. The molecule has 0 spiro atoms. The molecule has 152 valence electrons. The van der Waals surface area contributed by atoms with Crippen LogP contribution in [0.15, 0.2) is 63.8 Å². The maximum atomic E-state index is 12.3. The van der Waals surface area contributed by atoms with Crippen LogP contribution in [-0.2, 0) is 6.61 Å². The Kier molecular flexibility index (Phi) is 5.21. The van der Waals surface area contributed by atoms with Crippen molar-refractivity contribution in [2.45, 2.75) is 41.2 Å². The molecule has 4 aromatic rings. The van der Waals surface area contributed by atoms with Gasteiger partial charge >= 0.3 is 5.63 Å². The molecule has 30 heavy (non-hydrogen) atoms. The van der Waals surface area contributed by atoms with Crippen molar-refractivity contribution in [2.75, 3.05) is 0 Å². The summed E-state index contributed by atoms with van der Waals surface area (Å²) < 4.78 is 11.8. The molecule has 4 rings (SSSR count). The number of ether oxygens (including phenoxy) is 1. The smallest absolute Gasteiger partial charge is 0.336 e. The quantitative estimate of drug-likeness (QED) is 0.364. The highest BCUT2D eigenvalue weighted by molar-refractivity contribution is 5.95. The monoisotopic (exact) mass is 398 g/mol. The fraction of sp³-hybridized carbons (Fsp3) is 0.222. The van der Waals surface area contributed by atoms with E-state index in [4.69, 9.17) is 9.15 Å². The van der Waals surface area contributed by atoms with Crippen molar-refractivity contribution in [3.8, 4) is 16.9 Å². The first-order valence-corrected chi connectivity index (χ1v) is 10.2. The van der Waals surface area contributed by atoms with Crippen molar-refractivity contribution in [2.24, 2.45) is 0 Å². The maximum Gasteiger partial charge on any atom is 0.336 e. The van der Waals surface area contributed by atoms with E-state index in [1.54, 1.807) is 6.07 Å². The molecule has 3 heteroatoms. The number of hydrogen-bond acceptors (Lipinski definition) is 3. The summed E-state index contributed by atoms with van der Waals surface area (Å²) >= 11 is 0. The van der Waals surface area contributed by atoms with Gasteiger partial charge in [0.2, 0.25) is 0 Å². The van der Waals surface area contributed by atoms with Gasteiger partial charge in [-0.25, -0.2) is 4.79 Å². The molecule has 3 aromatic carbocycles. The van der Waals surface area contributed by atoms with Gasteiger partial charge in [0.25, 0.3) is 0 Å². The highest BCUT2D eigenvalue weighted by Crippen LogP contribution is 2.33. The van der Waals surface area contributed by atoms with E-state index in [2.05, 4.69) is 33.8 Å². The molecule has 1 heterocycles. The average molecular weight is 399 g/mol. The topological polar surface area (TPSA) is 39.4 Å². The largest absolute Gasteiger partial charge is 0.488 e. The minimum atomic E-state index is -0.359. The third-order valence-corrected chi connectivity index (χ3v) is 6.09. The molecule has 0 radical (unpaired) electrons. The van der Waals surface area contributed by atoms with E-state index in [0.29, 0.717) is 12.2 Å². The summed E-state index contributed by atoms with van der Waals surface area (Å²) in [5.74, 6) is 0.730. The second kappa shape index (κ2) is 7.83. The van der Waals surface area contributed by atoms with Gasteiger partial charge in [0.1, 0.15) is 17.9 Å². The predicted molar refractivity (Wildman–Crippen MR) is 122 cm³/mol. The van der Waals surface area contributed by atoms with Crippen LogP contribution in [0.25, 0.3) is 22.1 Å². The van der Waals surface area contributed by atoms with Crippen LogP contribution in [0.4, 0.5) is 0 Å². The van der Waals surface area contributed by atoms with Gasteiger partial charge in [-0.3, -0.25) is 0 Å². The first-order chi connectivity index (χ1) is 14.4. The number of benzene rings is 3. The van der Waals surface area contributed by atoms with Crippen LogP contribution in [0.1, 0.15) is 33.4 Å². The summed E-state index contributed by atoms with van der Waals surface area (Å²) in [6.45, 7) is 11.0. The molecule has 0 aliphatic heterocycles. The van der Waals surface area contributed by atoms with E-state index in [-0.39, 0.29) is 5.63 Å². The van der Waals surface area contributed by atoms with E-state index >= 15 is 0 Å². The zero-order valence-electron chi connectivity index (χ0n) is 18.1. The van der Waals surface area contributed by atoms with E-state index in [1.165, 1.54) is 27.8 Å². The second-order valence-electron chi connectivity index (χ2n) is 7.94. The third-order valence-electron chi connectivity index (χ3n) is 6.09. The lowest BCUT2D eigenvalue weighted by Gasteiger charge is -2.17. The summed E-state index contributed by atoms with van der Waals surface area (Å²) in [4.78, 5) is 12.3. The molecule has 1 aromatic heterocycles. The van der Waals surface area contributed by atoms with Crippen molar-refractivity contribution < 1.29 is 9.15 Å². The Morgan fingerprint density at radius 3 is 2.13 bits per heavy atom. The minimum absolute atomic E-state index is 0.359. The Bertz CT molecular complexity index is 1270. The van der Waals surface area contributed by atoms with E-state index in [0.717, 1.165) is 27.8 Å². The lowest BCUT2D eigenvalue weighted by molar-refractivity contribution is 0.302. The Labute approximate surface area is 176 Å². The van der Waals surface area contributed by atoms with Crippen molar-refractivity contribution in [1.29, 1.82) is 0 Å². The number of rotatable bonds is 4. The molecule has 0 aliphatic carbocycles. The highest BCUT2D eigenvalue weighted by atomic mass is 16.5. The van der Waals surface area contributed by atoms with Crippen molar-refractivity contribution >= 4 is 11.0 Å². The van der Waals surface area contributed by atoms with E-state index in [9.17, 15) is 4.79 Å². The Balaban J connectivity index is 1.76. The molecule has 0 N–H and O–H groups in total. The van der Waals surface area contributed by atoms with Gasteiger partial charge in [-0.05, 0) is 85.7 Å². The molecule has 3 nitrogen and oxygen atoms in total. The Morgan fingerprint density at radius 1 is 0.800 bits per heavy atom. The van der Waals surface area contributed by atoms with Crippen LogP contribution < -0.4 is 10.4 Å². The van der Waals surface area contributed by atoms with Crippen LogP contribution >= 0.6 is 0 Å². The van der Waals surface area contributed by atoms with Crippen molar-refractivity contribution in [1.82, 2.24) is 0 Å². The lowest BCUT2D eigenvalue weighted by Crippen LogP contribution is -2.05. The number of aryl methyl sites for hydroxylation is 3. The Morgan fingerprint density at radius 2 is 1.47 bits per heavy atom. The fourth-order valence-electron chi connectivity index (χ4n) is 4.02. The molecule has 0 bridgehead atoms. The summed E-state index contributed by atoms with van der Waals surface area (Å²) in [7, 11) is 0. The summed E-state index contributed by atoms with van der Waals surface area (Å²) in [5.41, 5.74) is 9.19. The molecular formula is C27H26O3. The molecule has 0 saturated heterocycles. The molecule has 0 saturated carbocycles. The summed E-state index contributed by atoms with van der Waals surface area (Å²) in [6.07, 6.45) is 0. The highest BCUT2D eigenvalue weighted by Gasteiger charge is 2.15. The average Bonchev–Trinajstić information content (AvgIpc) is 2.74. The Hall–Kier alpha value is -3.33. The van der Waals surface area contributed by atoms with Crippen molar-refractivity contribution in [3.05, 3.63) is 98.4 Å². The van der Waals surface area contributed by atoms with Gasteiger partial charge in [-0.2, -0.15) is 0 Å². The molecular weight excluding hydrogens is 372 g/mol. The molecule has 0 fully saturated rings. The molecule has 0 aliphatic rings. The van der Waals surface area contributed by atoms with Gasteiger partial charge in [0, 0.05) is 17.0 Å². The minimum Gasteiger partial charge on any atom is -0.488 e. The van der Waals surface area contributed by atoms with Gasteiger partial charge in [-0.1, -0.05) is 36.4 Å². The van der Waals surface area contributed by atoms with Gasteiger partial charge in [-0.15, -0.1) is 0 Å². The predicted octanol–water partition coefficient (Wildman–Crippen LogP) is 6.58. The lowest BCUT2D eigenvalue weighted by atomic mass is 9.95. The van der Waals surface area contributed by atoms with Gasteiger partial charge < -0.3 is 9.15 Å². The molecule has 0 atom stereocenters. The zero-order chi connectivity index (χ0) is 21.4. The van der Waals surface area contributed by atoms with Crippen LogP contribution in [0, 0.1) is 34.6 Å². The number of hydrogen-bond donors (Lipinski definition) is 0. The zero-order valence-corrected chi connectivity index (χ0v) is 18.1. The molecule has 0 amide bonds. The molecule has 0 unspecified atom stereocenters. The second-order valence-corrected chi connectivity index (χ2v) is 7.94. The van der Waals surface area contributed by atoms with Crippen LogP contribution in [0.2, 0.25) is 0 Å². The van der Waals surface area contributed by atoms with E-state index in [1.807, 2.05) is 49.4 Å². The first kappa shape index (κ1) is 20.0. The normalized spacial score (nSPS) is 11.1.